The Morgan fingerprint density at radius 3 is 2.83 bits per heavy atom. The van der Waals surface area contributed by atoms with Gasteiger partial charge in [0.05, 0.1) is 17.6 Å². The number of likely N-dealkylation sites (tertiary alicyclic amines) is 1. The molecule has 1 aliphatic rings. The molecule has 0 aromatic heterocycles. The summed E-state index contributed by atoms with van der Waals surface area (Å²) in [6.07, 6.45) is 4.94. The topological polar surface area (TPSA) is 53.3 Å². The lowest BCUT2D eigenvalue weighted by molar-refractivity contribution is -0.141. The number of carbonyl (C=O) groups excluding carboxylic acids is 1. The summed E-state index contributed by atoms with van der Waals surface area (Å²) in [7, 11) is 5.12. The van der Waals surface area contributed by atoms with Crippen molar-refractivity contribution in [3.05, 3.63) is 35.4 Å². The van der Waals surface area contributed by atoms with Crippen molar-refractivity contribution in [1.82, 2.24) is 4.90 Å². The molecule has 126 valence electrons. The van der Waals surface area contributed by atoms with E-state index >= 15 is 0 Å². The lowest BCUT2D eigenvalue weighted by atomic mass is 9.81. The van der Waals surface area contributed by atoms with Crippen LogP contribution >= 0.6 is 0 Å². The van der Waals surface area contributed by atoms with Crippen LogP contribution in [0.3, 0.4) is 0 Å². The van der Waals surface area contributed by atoms with Crippen LogP contribution < -0.4 is 0 Å². The molecule has 1 aromatic carbocycles. The first kappa shape index (κ1) is 18.5. The minimum Gasteiger partial charge on any atom is -0.543 e. The van der Waals surface area contributed by atoms with Crippen LogP contribution in [0.15, 0.2) is 24.3 Å². The third-order valence-corrected chi connectivity index (χ3v) is 4.95. The Hall–Kier alpha value is -1.80. The van der Waals surface area contributed by atoms with E-state index < -0.39 is 0 Å². The molecule has 0 aliphatic carbocycles. The zero-order valence-electron chi connectivity index (χ0n) is 14.4. The minimum atomic E-state index is -0.261. The molecule has 2 rings (SSSR count). The second-order valence-electron chi connectivity index (χ2n) is 6.61. The van der Waals surface area contributed by atoms with Gasteiger partial charge in [-0.3, -0.25) is 9.69 Å². The summed E-state index contributed by atoms with van der Waals surface area (Å²) in [5.74, 6) is 0.0249. The van der Waals surface area contributed by atoms with Crippen LogP contribution in [-0.4, -0.2) is 32.0 Å². The van der Waals surface area contributed by atoms with Crippen LogP contribution in [0.5, 0.6) is 0 Å². The SMILES string of the molecule is [B]OC(=O)C(CCCC)C1CCN(Cc2cccc(C#N)c2)CC1. The highest BCUT2D eigenvalue weighted by atomic mass is 16.5. The van der Waals surface area contributed by atoms with E-state index in [0.29, 0.717) is 11.5 Å². The Kier molecular flexibility index (Phi) is 7.33. The van der Waals surface area contributed by atoms with Gasteiger partial charge in [0.25, 0.3) is 5.97 Å². The molecule has 5 heteroatoms. The number of nitriles is 1. The van der Waals surface area contributed by atoms with Crippen LogP contribution in [0, 0.1) is 23.2 Å². The third kappa shape index (κ3) is 5.11. The Morgan fingerprint density at radius 2 is 2.21 bits per heavy atom. The van der Waals surface area contributed by atoms with Crippen molar-refractivity contribution >= 4 is 14.0 Å². The van der Waals surface area contributed by atoms with Crippen LogP contribution in [0.1, 0.15) is 50.2 Å². The van der Waals surface area contributed by atoms with Gasteiger partial charge in [0.2, 0.25) is 0 Å². The fraction of sp³-hybridized carbons (Fsp3) is 0.579. The van der Waals surface area contributed by atoms with Crippen molar-refractivity contribution in [2.24, 2.45) is 11.8 Å². The monoisotopic (exact) mass is 324 g/mol. The van der Waals surface area contributed by atoms with Crippen LogP contribution in [0.4, 0.5) is 0 Å². The van der Waals surface area contributed by atoms with Crippen LogP contribution in [0.25, 0.3) is 0 Å². The molecule has 0 amide bonds. The van der Waals surface area contributed by atoms with Gasteiger partial charge in [-0.2, -0.15) is 5.26 Å². The first-order valence-electron chi connectivity index (χ1n) is 8.80. The average Bonchev–Trinajstić information content (AvgIpc) is 2.63. The van der Waals surface area contributed by atoms with Gasteiger partial charge >= 0.3 is 8.05 Å². The summed E-state index contributed by atoms with van der Waals surface area (Å²) in [5.41, 5.74) is 1.86. The number of hydrogen-bond acceptors (Lipinski definition) is 4. The minimum absolute atomic E-state index is 0.0704. The molecule has 1 heterocycles. The number of rotatable bonds is 7. The van der Waals surface area contributed by atoms with Gasteiger partial charge in [-0.1, -0.05) is 31.9 Å². The largest absolute Gasteiger partial charge is 0.543 e. The Bertz CT molecular complexity index is 577. The molecule has 2 radical (unpaired) electrons. The van der Waals surface area contributed by atoms with Gasteiger partial charge in [-0.05, 0) is 56.0 Å². The lowest BCUT2D eigenvalue weighted by Crippen LogP contribution is -2.38. The normalized spacial score (nSPS) is 17.2. The zero-order chi connectivity index (χ0) is 17.4. The number of carbonyl (C=O) groups is 1. The van der Waals surface area contributed by atoms with Crippen molar-refractivity contribution in [2.75, 3.05) is 13.1 Å². The van der Waals surface area contributed by atoms with E-state index in [1.165, 1.54) is 0 Å². The summed E-state index contributed by atoms with van der Waals surface area (Å²) < 4.78 is 4.53. The number of benzene rings is 1. The molecule has 0 N–H and O–H groups in total. The molecule has 1 atom stereocenters. The molecule has 1 fully saturated rings. The number of hydrogen-bond donors (Lipinski definition) is 0. The van der Waals surface area contributed by atoms with Crippen molar-refractivity contribution in [3.8, 4) is 6.07 Å². The van der Waals surface area contributed by atoms with E-state index in [2.05, 4.69) is 28.6 Å². The second kappa shape index (κ2) is 9.49. The second-order valence-corrected chi connectivity index (χ2v) is 6.61. The molecule has 1 aromatic rings. The van der Waals surface area contributed by atoms with E-state index in [0.717, 1.165) is 57.3 Å². The lowest BCUT2D eigenvalue weighted by Gasteiger charge is -2.35. The molecule has 4 nitrogen and oxygen atoms in total. The summed E-state index contributed by atoms with van der Waals surface area (Å²) >= 11 is 0. The van der Waals surface area contributed by atoms with Crippen molar-refractivity contribution < 1.29 is 9.45 Å². The highest BCUT2D eigenvalue weighted by molar-refractivity contribution is 6.05. The Labute approximate surface area is 146 Å². The van der Waals surface area contributed by atoms with Gasteiger partial charge < -0.3 is 4.65 Å². The maximum atomic E-state index is 12.0. The van der Waals surface area contributed by atoms with E-state index in [9.17, 15) is 4.79 Å². The first-order valence-corrected chi connectivity index (χ1v) is 8.80. The van der Waals surface area contributed by atoms with Crippen molar-refractivity contribution in [1.29, 1.82) is 5.26 Å². The molecule has 1 saturated heterocycles. The number of unbranched alkanes of at least 4 members (excludes halogenated alkanes) is 1. The Morgan fingerprint density at radius 1 is 1.46 bits per heavy atom. The maximum absolute atomic E-state index is 12.0. The molecule has 0 spiro atoms. The molecular formula is C19H25BN2O2. The predicted octanol–water partition coefficient (Wildman–Crippen LogP) is 3.20. The van der Waals surface area contributed by atoms with E-state index in [4.69, 9.17) is 13.3 Å². The van der Waals surface area contributed by atoms with Crippen LogP contribution in [-0.2, 0) is 16.0 Å². The van der Waals surface area contributed by atoms with Gasteiger partial charge in [0, 0.05) is 6.54 Å². The number of nitrogens with zero attached hydrogens (tertiary/aromatic N) is 2. The summed E-state index contributed by atoms with van der Waals surface area (Å²) in [4.78, 5) is 14.4. The van der Waals surface area contributed by atoms with Crippen molar-refractivity contribution in [3.63, 3.8) is 0 Å². The van der Waals surface area contributed by atoms with E-state index in [1.807, 2.05) is 18.2 Å². The molecule has 1 aliphatic heterocycles. The fourth-order valence-electron chi connectivity index (χ4n) is 3.57. The Balaban J connectivity index is 1.89. The third-order valence-electron chi connectivity index (χ3n) is 4.95. The highest BCUT2D eigenvalue weighted by Gasteiger charge is 2.31. The molecular weight excluding hydrogens is 299 g/mol. The maximum Gasteiger partial charge on any atom is 0.378 e. The predicted molar refractivity (Wildman–Crippen MR) is 94.0 cm³/mol. The highest BCUT2D eigenvalue weighted by Crippen LogP contribution is 2.30. The fourth-order valence-corrected chi connectivity index (χ4v) is 3.57. The average molecular weight is 324 g/mol. The summed E-state index contributed by atoms with van der Waals surface area (Å²) in [6, 6.07) is 9.94. The first-order chi connectivity index (χ1) is 11.7. The molecule has 0 saturated carbocycles. The smallest absolute Gasteiger partial charge is 0.378 e. The van der Waals surface area contributed by atoms with Gasteiger partial charge in [-0.25, -0.2) is 0 Å². The summed E-state index contributed by atoms with van der Waals surface area (Å²) in [6.45, 7) is 4.90. The molecule has 1 unspecified atom stereocenters. The van der Waals surface area contributed by atoms with E-state index in [-0.39, 0.29) is 11.9 Å². The number of piperidine rings is 1. The van der Waals surface area contributed by atoms with Gasteiger partial charge in [-0.15, -0.1) is 0 Å². The summed E-state index contributed by atoms with van der Waals surface area (Å²) in [5, 5.41) is 8.99. The molecule has 24 heavy (non-hydrogen) atoms. The van der Waals surface area contributed by atoms with Crippen LogP contribution in [0.2, 0.25) is 0 Å². The van der Waals surface area contributed by atoms with Crippen molar-refractivity contribution in [2.45, 2.75) is 45.6 Å². The van der Waals surface area contributed by atoms with E-state index in [1.54, 1.807) is 0 Å². The van der Waals surface area contributed by atoms with Gasteiger partial charge in [0.1, 0.15) is 0 Å². The molecule has 0 bridgehead atoms. The zero-order valence-corrected chi connectivity index (χ0v) is 14.4. The quantitative estimate of drug-likeness (QED) is 0.723. The van der Waals surface area contributed by atoms with Gasteiger partial charge in [0.15, 0.2) is 0 Å². The standard InChI is InChI=1S/C19H25BN2O2/c1-2-3-7-18(19(23)24-20)17-8-10-22(11-9-17)14-16-6-4-5-15(12-16)13-21/h4-6,12,17-18H,2-3,7-11,14H2,1H3.